The van der Waals surface area contributed by atoms with Gasteiger partial charge >= 0.3 is 0 Å². The maximum atomic E-state index is 5.48. The number of hydrogen-bond acceptors (Lipinski definition) is 3. The average molecular weight is 199 g/mol. The molecule has 2 N–H and O–H groups in total. The van der Waals surface area contributed by atoms with E-state index < -0.39 is 0 Å². The first-order valence-corrected chi connectivity index (χ1v) is 2.88. The van der Waals surface area contributed by atoms with Crippen LogP contribution in [0.5, 0.6) is 0 Å². The number of nitrogens with zero attached hydrogens (tertiary/aromatic N) is 3. The van der Waals surface area contributed by atoms with Crippen LogP contribution in [-0.2, 0) is 6.54 Å². The quantitative estimate of drug-likeness (QED) is 0.753. The molecule has 0 aliphatic rings. The van der Waals surface area contributed by atoms with Crippen LogP contribution in [0.4, 0.5) is 0 Å². The van der Waals surface area contributed by atoms with E-state index in [9.17, 15) is 0 Å². The first-order valence-electron chi connectivity index (χ1n) is 2.88. The Balaban J connectivity index is 0. The third-order valence-electron chi connectivity index (χ3n) is 0.918. The lowest BCUT2D eigenvalue weighted by Crippen LogP contribution is -2.23. The minimum absolute atomic E-state index is 0. The van der Waals surface area contributed by atoms with E-state index in [2.05, 4.69) is 10.2 Å². The lowest BCUT2D eigenvalue weighted by molar-refractivity contribution is 0.482. The predicted octanol–water partition coefficient (Wildman–Crippen LogP) is 0.469. The van der Waals surface area contributed by atoms with Gasteiger partial charge in [0, 0.05) is 6.04 Å². The van der Waals surface area contributed by atoms with Crippen molar-refractivity contribution in [1.29, 1.82) is 0 Å². The fourth-order valence-corrected chi connectivity index (χ4v) is 0.595. The standard InChI is InChI=1S/C5H10N4.2ClH/c1-5(6)4-9-7-2-3-8-9;;/h2-3,5H,4,6H2,1H3;2*1H. The fourth-order valence-electron chi connectivity index (χ4n) is 0.595. The van der Waals surface area contributed by atoms with E-state index in [1.807, 2.05) is 6.92 Å². The zero-order valence-electron chi connectivity index (χ0n) is 6.17. The molecule has 0 saturated heterocycles. The summed E-state index contributed by atoms with van der Waals surface area (Å²) < 4.78 is 0. The molecule has 66 valence electrons. The molecule has 1 heterocycles. The lowest BCUT2D eigenvalue weighted by atomic mass is 10.4. The summed E-state index contributed by atoms with van der Waals surface area (Å²) in [4.78, 5) is 1.57. The molecule has 0 aliphatic carbocycles. The van der Waals surface area contributed by atoms with Crippen molar-refractivity contribution in [3.8, 4) is 0 Å². The number of nitrogens with two attached hydrogens (primary N) is 1. The zero-order chi connectivity index (χ0) is 6.69. The van der Waals surface area contributed by atoms with Crippen LogP contribution in [0.3, 0.4) is 0 Å². The van der Waals surface area contributed by atoms with E-state index in [4.69, 9.17) is 5.73 Å². The molecule has 1 atom stereocenters. The van der Waals surface area contributed by atoms with Gasteiger partial charge in [0.15, 0.2) is 0 Å². The van der Waals surface area contributed by atoms with Gasteiger partial charge in [-0.05, 0) is 6.92 Å². The Morgan fingerprint density at radius 3 is 2.18 bits per heavy atom. The Hall–Kier alpha value is -0.320. The first kappa shape index (κ1) is 13.3. The first-order chi connectivity index (χ1) is 4.29. The molecule has 1 aromatic rings. The van der Waals surface area contributed by atoms with Crippen LogP contribution in [-0.4, -0.2) is 21.0 Å². The van der Waals surface area contributed by atoms with E-state index in [0.717, 1.165) is 0 Å². The maximum absolute atomic E-state index is 5.48. The van der Waals surface area contributed by atoms with Crippen LogP contribution in [0, 0.1) is 0 Å². The summed E-state index contributed by atoms with van der Waals surface area (Å²) in [6.45, 7) is 2.61. The Labute approximate surface area is 78.0 Å². The van der Waals surface area contributed by atoms with Crippen LogP contribution in [0.2, 0.25) is 0 Å². The Morgan fingerprint density at radius 1 is 1.36 bits per heavy atom. The molecule has 0 spiro atoms. The molecule has 1 aromatic heterocycles. The minimum atomic E-state index is 0. The SMILES string of the molecule is CC(N)Cn1nccn1.Cl.Cl. The average Bonchev–Trinajstić information content (AvgIpc) is 2.15. The largest absolute Gasteiger partial charge is 0.326 e. The molecule has 0 amide bonds. The van der Waals surface area contributed by atoms with Crippen molar-refractivity contribution in [3.63, 3.8) is 0 Å². The third-order valence-corrected chi connectivity index (χ3v) is 0.918. The van der Waals surface area contributed by atoms with Gasteiger partial charge in [-0.1, -0.05) is 0 Å². The molecule has 0 bridgehead atoms. The monoisotopic (exact) mass is 198 g/mol. The fraction of sp³-hybridized carbons (Fsp3) is 0.600. The second kappa shape index (κ2) is 6.39. The molecule has 0 aliphatic heterocycles. The highest BCUT2D eigenvalue weighted by Crippen LogP contribution is 1.81. The van der Waals surface area contributed by atoms with Crippen LogP contribution >= 0.6 is 24.8 Å². The van der Waals surface area contributed by atoms with E-state index in [1.54, 1.807) is 17.2 Å². The normalized spacial score (nSPS) is 11.1. The number of halogens is 2. The third kappa shape index (κ3) is 5.01. The number of rotatable bonds is 2. The van der Waals surface area contributed by atoms with Crippen molar-refractivity contribution < 1.29 is 0 Å². The predicted molar refractivity (Wildman–Crippen MR) is 48.2 cm³/mol. The molecule has 6 heteroatoms. The van der Waals surface area contributed by atoms with Gasteiger partial charge in [0.1, 0.15) is 0 Å². The second-order valence-electron chi connectivity index (χ2n) is 2.06. The van der Waals surface area contributed by atoms with Crippen molar-refractivity contribution in [3.05, 3.63) is 12.4 Å². The maximum Gasteiger partial charge on any atom is 0.0755 e. The summed E-state index contributed by atoms with van der Waals surface area (Å²) in [6, 6.07) is 0.123. The molecular formula is C5H12Cl2N4. The van der Waals surface area contributed by atoms with E-state index in [-0.39, 0.29) is 30.9 Å². The van der Waals surface area contributed by atoms with Crippen LogP contribution in [0.25, 0.3) is 0 Å². The summed E-state index contributed by atoms with van der Waals surface area (Å²) in [5, 5.41) is 7.76. The number of hydrogen-bond donors (Lipinski definition) is 1. The van der Waals surface area contributed by atoms with Crippen molar-refractivity contribution >= 4 is 24.8 Å². The molecular weight excluding hydrogens is 187 g/mol. The molecule has 11 heavy (non-hydrogen) atoms. The molecule has 1 rings (SSSR count). The lowest BCUT2D eigenvalue weighted by Gasteiger charge is -2.01. The molecule has 0 aromatic carbocycles. The van der Waals surface area contributed by atoms with Crippen molar-refractivity contribution in [2.45, 2.75) is 19.5 Å². The summed E-state index contributed by atoms with van der Waals surface area (Å²) >= 11 is 0. The molecule has 1 unspecified atom stereocenters. The zero-order valence-corrected chi connectivity index (χ0v) is 7.81. The van der Waals surface area contributed by atoms with Gasteiger partial charge in [0.2, 0.25) is 0 Å². The van der Waals surface area contributed by atoms with Gasteiger partial charge in [-0.3, -0.25) is 0 Å². The van der Waals surface area contributed by atoms with Gasteiger partial charge in [-0.15, -0.1) is 24.8 Å². The van der Waals surface area contributed by atoms with Crippen LogP contribution in [0.1, 0.15) is 6.92 Å². The summed E-state index contributed by atoms with van der Waals surface area (Å²) in [5.41, 5.74) is 5.48. The molecule has 0 fully saturated rings. The van der Waals surface area contributed by atoms with Crippen LogP contribution < -0.4 is 5.73 Å². The highest BCUT2D eigenvalue weighted by atomic mass is 35.5. The summed E-state index contributed by atoms with van der Waals surface area (Å²) in [5.74, 6) is 0. The van der Waals surface area contributed by atoms with Crippen molar-refractivity contribution in [2.75, 3.05) is 0 Å². The summed E-state index contributed by atoms with van der Waals surface area (Å²) in [7, 11) is 0. The van der Waals surface area contributed by atoms with Gasteiger partial charge in [0.25, 0.3) is 0 Å². The topological polar surface area (TPSA) is 56.7 Å². The molecule has 0 saturated carbocycles. The van der Waals surface area contributed by atoms with E-state index >= 15 is 0 Å². The van der Waals surface area contributed by atoms with E-state index in [0.29, 0.717) is 6.54 Å². The smallest absolute Gasteiger partial charge is 0.0755 e. The van der Waals surface area contributed by atoms with Gasteiger partial charge in [-0.25, -0.2) is 0 Å². The Morgan fingerprint density at radius 2 is 1.82 bits per heavy atom. The second-order valence-corrected chi connectivity index (χ2v) is 2.06. The van der Waals surface area contributed by atoms with Gasteiger partial charge in [0.05, 0.1) is 18.9 Å². The highest BCUT2D eigenvalue weighted by molar-refractivity contribution is 5.85. The van der Waals surface area contributed by atoms with E-state index in [1.165, 1.54) is 0 Å². The molecule has 4 nitrogen and oxygen atoms in total. The molecule has 0 radical (unpaired) electrons. The van der Waals surface area contributed by atoms with Crippen molar-refractivity contribution in [1.82, 2.24) is 15.0 Å². The summed E-state index contributed by atoms with van der Waals surface area (Å²) in [6.07, 6.45) is 3.28. The Bertz CT molecular complexity index is 163. The Kier molecular flexibility index (Phi) is 7.72. The van der Waals surface area contributed by atoms with Gasteiger partial charge in [-0.2, -0.15) is 15.0 Å². The van der Waals surface area contributed by atoms with Crippen molar-refractivity contribution in [2.24, 2.45) is 5.73 Å². The minimum Gasteiger partial charge on any atom is -0.326 e. The van der Waals surface area contributed by atoms with Crippen LogP contribution in [0.15, 0.2) is 12.4 Å². The number of aromatic nitrogens is 3. The highest BCUT2D eigenvalue weighted by Gasteiger charge is 1.94. The van der Waals surface area contributed by atoms with Gasteiger partial charge < -0.3 is 5.73 Å².